The molecule has 0 saturated carbocycles. The highest BCUT2D eigenvalue weighted by Crippen LogP contribution is 1.98. The Bertz CT molecular complexity index is 117. The predicted molar refractivity (Wildman–Crippen MR) is 43.1 cm³/mol. The zero-order valence-corrected chi connectivity index (χ0v) is 6.81. The molecule has 0 spiro atoms. The largest absolute Gasteiger partial charge is 0.311 e. The third-order valence-electron chi connectivity index (χ3n) is 1.54. The number of rotatable bonds is 5. The van der Waals surface area contributed by atoms with Crippen LogP contribution in [-0.4, -0.2) is 18.8 Å². The number of carbonyl (C=O) groups excluding carboxylic acids is 1. The average Bonchev–Trinajstić information content (AvgIpc) is 2.00. The van der Waals surface area contributed by atoms with Crippen LogP contribution in [0.3, 0.4) is 0 Å². The minimum atomic E-state index is -0.0903. The molecule has 0 fully saturated rings. The third-order valence-corrected chi connectivity index (χ3v) is 1.54. The summed E-state index contributed by atoms with van der Waals surface area (Å²) in [6, 6.07) is -0.0903. The van der Waals surface area contributed by atoms with Crippen LogP contribution in [0.1, 0.15) is 34.5 Å². The number of hydrogen-bond acceptors (Lipinski definition) is 2. The molecule has 0 aromatic carbocycles. The molecule has 60 valence electrons. The lowest BCUT2D eigenvalue weighted by molar-refractivity contribution is -0.121. The molecule has 0 aliphatic heterocycles. The van der Waals surface area contributed by atoms with Crippen molar-refractivity contribution in [3.63, 3.8) is 0 Å². The highest BCUT2D eigenvalue weighted by molar-refractivity contribution is 5.83. The van der Waals surface area contributed by atoms with E-state index in [1.54, 1.807) is 0 Å². The van der Waals surface area contributed by atoms with Gasteiger partial charge in [-0.3, -0.25) is 4.79 Å². The minimum absolute atomic E-state index is 0.0903. The summed E-state index contributed by atoms with van der Waals surface area (Å²) in [4.78, 5) is 11.2. The van der Waals surface area contributed by atoms with Gasteiger partial charge < -0.3 is 5.32 Å². The average molecular weight is 145 g/mol. The van der Waals surface area contributed by atoms with Crippen LogP contribution >= 0.6 is 0 Å². The van der Waals surface area contributed by atoms with E-state index in [0.717, 1.165) is 12.8 Å². The number of Topliss-reactive ketones (excluding diaryl/α,β-unsaturated/α-hetero) is 1. The van der Waals surface area contributed by atoms with Gasteiger partial charge in [0.2, 0.25) is 0 Å². The maximum atomic E-state index is 11.2. The molecule has 0 rings (SSSR count). The Morgan fingerprint density at radius 1 is 1.70 bits per heavy atom. The molecule has 0 bridgehead atoms. The van der Waals surface area contributed by atoms with Gasteiger partial charge in [0.15, 0.2) is 0 Å². The number of likely N-dealkylation sites (N-methyl/N-ethyl adjacent to an activating group) is 1. The molecule has 1 N–H and O–H groups in total. The first kappa shape index (κ1) is 7.73. The van der Waals surface area contributed by atoms with E-state index in [0.29, 0.717) is 6.42 Å². The molecule has 0 aromatic heterocycles. The van der Waals surface area contributed by atoms with Crippen molar-refractivity contribution < 1.29 is 6.17 Å². The molecule has 1 atom stereocenters. The van der Waals surface area contributed by atoms with Crippen LogP contribution in [0.2, 0.25) is 0 Å². The summed E-state index contributed by atoms with van der Waals surface area (Å²) < 4.78 is 6.90. The van der Waals surface area contributed by atoms with Crippen LogP contribution in [0.4, 0.5) is 0 Å². The number of carbonyl (C=O) groups is 1. The first-order chi connectivity index (χ1) is 5.26. The molecule has 0 heterocycles. The van der Waals surface area contributed by atoms with Gasteiger partial charge in [-0.15, -0.1) is 0 Å². The standard InChI is InChI=1S/C8H17NO/c1-4-6-8(10)7(5-2)9-3/h7,9H,4-6H2,1-3H3/i3T. The van der Waals surface area contributed by atoms with E-state index in [4.69, 9.17) is 1.37 Å². The van der Waals surface area contributed by atoms with Gasteiger partial charge in [0, 0.05) is 7.79 Å². The molecule has 2 heteroatoms. The van der Waals surface area contributed by atoms with Crippen LogP contribution in [0.5, 0.6) is 0 Å². The molecule has 0 amide bonds. The Kier molecular flexibility index (Phi) is 4.19. The van der Waals surface area contributed by atoms with Crippen molar-refractivity contribution in [2.75, 3.05) is 7.02 Å². The molecule has 1 unspecified atom stereocenters. The molecule has 0 aromatic rings. The van der Waals surface area contributed by atoms with Crippen molar-refractivity contribution in [2.45, 2.75) is 39.2 Å². The van der Waals surface area contributed by atoms with Gasteiger partial charge in [0.05, 0.1) is 6.04 Å². The lowest BCUT2D eigenvalue weighted by Crippen LogP contribution is -2.32. The van der Waals surface area contributed by atoms with Crippen molar-refractivity contribution in [1.29, 1.82) is 0 Å². The van der Waals surface area contributed by atoms with Crippen LogP contribution in [0.15, 0.2) is 0 Å². The molecule has 10 heavy (non-hydrogen) atoms. The number of hydrogen-bond donors (Lipinski definition) is 1. The number of nitrogens with one attached hydrogen (secondary N) is 1. The number of ketones is 1. The fourth-order valence-electron chi connectivity index (χ4n) is 0.906. The zero-order chi connectivity index (χ0) is 8.69. The first-order valence-corrected chi connectivity index (χ1v) is 3.81. The summed E-state index contributed by atoms with van der Waals surface area (Å²) in [7, 11) is 0.133. The first-order valence-electron chi connectivity index (χ1n) is 4.52. The fraction of sp³-hybridized carbons (Fsp3) is 0.875. The lowest BCUT2D eigenvalue weighted by Gasteiger charge is -2.10. The Labute approximate surface area is 64.4 Å². The van der Waals surface area contributed by atoms with Crippen LogP contribution in [0.25, 0.3) is 0 Å². The summed E-state index contributed by atoms with van der Waals surface area (Å²) in [6.45, 7) is 3.95. The molecular weight excluding hydrogens is 126 g/mol. The Morgan fingerprint density at radius 2 is 2.40 bits per heavy atom. The van der Waals surface area contributed by atoms with E-state index < -0.39 is 0 Å². The van der Waals surface area contributed by atoms with E-state index in [1.807, 2.05) is 13.8 Å². The molecule has 2 nitrogen and oxygen atoms in total. The van der Waals surface area contributed by atoms with Gasteiger partial charge >= 0.3 is 0 Å². The Morgan fingerprint density at radius 3 is 2.80 bits per heavy atom. The second-order valence-corrected chi connectivity index (χ2v) is 2.38. The van der Waals surface area contributed by atoms with Gasteiger partial charge in [0.1, 0.15) is 5.78 Å². The smallest absolute Gasteiger partial charge is 0.149 e. The highest BCUT2D eigenvalue weighted by atomic mass is 16.1. The summed E-state index contributed by atoms with van der Waals surface area (Å²) >= 11 is 0. The van der Waals surface area contributed by atoms with Gasteiger partial charge in [0.25, 0.3) is 0 Å². The molecule has 0 radical (unpaired) electrons. The minimum Gasteiger partial charge on any atom is -0.311 e. The molecular formula is C8H17NO. The summed E-state index contributed by atoms with van der Waals surface area (Å²) in [5.41, 5.74) is 0. The molecule has 0 aliphatic rings. The van der Waals surface area contributed by atoms with Crippen molar-refractivity contribution >= 4 is 5.78 Å². The van der Waals surface area contributed by atoms with Crippen molar-refractivity contribution in [3.8, 4) is 0 Å². The maximum absolute atomic E-state index is 11.2. The lowest BCUT2D eigenvalue weighted by atomic mass is 10.1. The van der Waals surface area contributed by atoms with Crippen molar-refractivity contribution in [3.05, 3.63) is 0 Å². The second-order valence-electron chi connectivity index (χ2n) is 2.38. The van der Waals surface area contributed by atoms with E-state index in [-0.39, 0.29) is 18.8 Å². The van der Waals surface area contributed by atoms with Gasteiger partial charge in [-0.2, -0.15) is 0 Å². The van der Waals surface area contributed by atoms with E-state index in [1.165, 1.54) is 0 Å². The SMILES string of the molecule is [3H]CNC(CC)C(=O)CCC. The molecule has 0 aliphatic carbocycles. The zero-order valence-electron chi connectivity index (χ0n) is 7.81. The van der Waals surface area contributed by atoms with Gasteiger partial charge in [-0.1, -0.05) is 13.8 Å². The summed E-state index contributed by atoms with van der Waals surface area (Å²) in [6.07, 6.45) is 2.32. The van der Waals surface area contributed by atoms with Crippen molar-refractivity contribution in [1.82, 2.24) is 5.32 Å². The normalized spacial score (nSPS) is 14.4. The second kappa shape index (κ2) is 5.42. The monoisotopic (exact) mass is 145 g/mol. The van der Waals surface area contributed by atoms with E-state index >= 15 is 0 Å². The Hall–Kier alpha value is -0.370. The van der Waals surface area contributed by atoms with Gasteiger partial charge in [-0.25, -0.2) is 0 Å². The maximum Gasteiger partial charge on any atom is 0.149 e. The summed E-state index contributed by atoms with van der Waals surface area (Å²) in [5, 5.41) is 2.83. The molecule has 0 saturated heterocycles. The predicted octanol–water partition coefficient (Wildman–Crippen LogP) is 1.35. The topological polar surface area (TPSA) is 29.1 Å². The van der Waals surface area contributed by atoms with Crippen LogP contribution in [0, 0.1) is 0 Å². The fourth-order valence-corrected chi connectivity index (χ4v) is 0.906. The van der Waals surface area contributed by atoms with Gasteiger partial charge in [-0.05, 0) is 19.9 Å². The van der Waals surface area contributed by atoms with Crippen LogP contribution in [-0.2, 0) is 4.79 Å². The Balaban J connectivity index is 3.71. The van der Waals surface area contributed by atoms with E-state index in [2.05, 4.69) is 5.32 Å². The van der Waals surface area contributed by atoms with Crippen LogP contribution < -0.4 is 5.32 Å². The summed E-state index contributed by atoms with van der Waals surface area (Å²) in [5.74, 6) is 0.238. The third kappa shape index (κ3) is 2.97. The van der Waals surface area contributed by atoms with Crippen molar-refractivity contribution in [2.24, 2.45) is 0 Å². The quantitative estimate of drug-likeness (QED) is 0.632. The highest BCUT2D eigenvalue weighted by Gasteiger charge is 2.11. The van der Waals surface area contributed by atoms with E-state index in [9.17, 15) is 4.79 Å².